The van der Waals surface area contributed by atoms with Crippen LogP contribution in [0.5, 0.6) is 0 Å². The van der Waals surface area contributed by atoms with E-state index in [4.69, 9.17) is 0 Å². The molecule has 3 rings (SSSR count). The highest BCUT2D eigenvalue weighted by atomic mass is 79.9. The lowest BCUT2D eigenvalue weighted by molar-refractivity contribution is 0.344. The van der Waals surface area contributed by atoms with E-state index in [0.29, 0.717) is 36.3 Å². The van der Waals surface area contributed by atoms with Crippen LogP contribution in [0.3, 0.4) is 0 Å². The number of piperazine rings is 1. The molecule has 1 N–H and O–H groups in total. The van der Waals surface area contributed by atoms with Crippen molar-refractivity contribution in [2.24, 2.45) is 0 Å². The third-order valence-corrected chi connectivity index (χ3v) is 4.90. The van der Waals surface area contributed by atoms with Crippen LogP contribution >= 0.6 is 15.9 Å². The fourth-order valence-electron chi connectivity index (χ4n) is 2.75. The molecule has 0 unspecified atom stereocenters. The quantitative estimate of drug-likeness (QED) is 0.796. The van der Waals surface area contributed by atoms with Gasteiger partial charge in [0.05, 0.1) is 17.6 Å². The van der Waals surface area contributed by atoms with Crippen molar-refractivity contribution in [2.75, 3.05) is 31.1 Å². The number of aromatic nitrogens is 2. The van der Waals surface area contributed by atoms with Crippen molar-refractivity contribution in [1.82, 2.24) is 14.6 Å². The molecule has 0 amide bonds. The van der Waals surface area contributed by atoms with Gasteiger partial charge in [-0.15, -0.1) is 0 Å². The zero-order valence-electron chi connectivity index (χ0n) is 13.2. The summed E-state index contributed by atoms with van der Waals surface area (Å²) in [6.07, 6.45) is 1.63. The fourth-order valence-corrected chi connectivity index (χ4v) is 3.27. The minimum absolute atomic E-state index is 0.294. The summed E-state index contributed by atoms with van der Waals surface area (Å²) in [6, 6.07) is 5.61. The van der Waals surface area contributed by atoms with E-state index in [2.05, 4.69) is 25.9 Å². The van der Waals surface area contributed by atoms with Gasteiger partial charge in [0.15, 0.2) is 0 Å². The Kier molecular flexibility index (Phi) is 5.03. The molecule has 24 heavy (non-hydrogen) atoms. The molecule has 126 valence electrons. The van der Waals surface area contributed by atoms with Gasteiger partial charge >= 0.3 is 7.05 Å². The molecule has 0 bridgehead atoms. The Hall–Kier alpha value is -1.71. The lowest BCUT2D eigenvalue weighted by atomic mass is 9.84. The first-order valence-corrected chi connectivity index (χ1v) is 8.47. The van der Waals surface area contributed by atoms with E-state index in [0.717, 1.165) is 5.69 Å². The molecule has 6 nitrogen and oxygen atoms in total. The number of nitrogens with zero attached hydrogens (tertiary/aromatic N) is 4. The van der Waals surface area contributed by atoms with Crippen LogP contribution in [0.15, 0.2) is 39.7 Å². The predicted molar refractivity (Wildman–Crippen MR) is 95.1 cm³/mol. The van der Waals surface area contributed by atoms with Crippen molar-refractivity contribution in [3.63, 3.8) is 0 Å². The first kappa shape index (κ1) is 17.1. The van der Waals surface area contributed by atoms with Crippen LogP contribution in [0.25, 0.3) is 5.69 Å². The Balaban J connectivity index is 1.86. The SMILES string of the molecule is CB(O)N1CCN(c2cnn(-c3ccc(F)cc3)c(=O)c2Br)CC1. The first-order chi connectivity index (χ1) is 11.5. The Morgan fingerprint density at radius 3 is 2.42 bits per heavy atom. The van der Waals surface area contributed by atoms with E-state index in [-0.39, 0.29) is 11.4 Å². The predicted octanol–water partition coefficient (Wildman–Crippen LogP) is 1.37. The van der Waals surface area contributed by atoms with Crippen molar-refractivity contribution in [2.45, 2.75) is 6.82 Å². The molecular formula is C15H17BBrFN4O2. The third kappa shape index (κ3) is 3.38. The summed E-state index contributed by atoms with van der Waals surface area (Å²) >= 11 is 3.37. The monoisotopic (exact) mass is 394 g/mol. The summed E-state index contributed by atoms with van der Waals surface area (Å²) < 4.78 is 14.7. The van der Waals surface area contributed by atoms with Gasteiger partial charge < -0.3 is 14.7 Å². The fraction of sp³-hybridized carbons (Fsp3) is 0.333. The van der Waals surface area contributed by atoms with Gasteiger partial charge in [-0.05, 0) is 47.0 Å². The summed E-state index contributed by atoms with van der Waals surface area (Å²) in [5.41, 5.74) is 0.938. The maximum atomic E-state index is 13.0. The lowest BCUT2D eigenvalue weighted by Gasteiger charge is -2.36. The summed E-state index contributed by atoms with van der Waals surface area (Å²) in [4.78, 5) is 16.6. The van der Waals surface area contributed by atoms with Gasteiger partial charge in [0.25, 0.3) is 5.56 Å². The van der Waals surface area contributed by atoms with Gasteiger partial charge in [0.1, 0.15) is 10.3 Å². The molecule has 2 heterocycles. The average Bonchev–Trinajstić information content (AvgIpc) is 2.58. The van der Waals surface area contributed by atoms with E-state index in [9.17, 15) is 14.2 Å². The van der Waals surface area contributed by atoms with Crippen LogP contribution in [-0.4, -0.2) is 52.8 Å². The van der Waals surface area contributed by atoms with Crippen LogP contribution in [0.1, 0.15) is 0 Å². The van der Waals surface area contributed by atoms with Gasteiger partial charge in [-0.1, -0.05) is 0 Å². The zero-order chi connectivity index (χ0) is 17.3. The van der Waals surface area contributed by atoms with Crippen molar-refractivity contribution in [1.29, 1.82) is 0 Å². The van der Waals surface area contributed by atoms with Gasteiger partial charge in [0.2, 0.25) is 0 Å². The van der Waals surface area contributed by atoms with Crippen LogP contribution < -0.4 is 10.5 Å². The second kappa shape index (κ2) is 7.04. The lowest BCUT2D eigenvalue weighted by Crippen LogP contribution is -2.51. The molecule has 0 spiro atoms. The molecular weight excluding hydrogens is 378 g/mol. The molecule has 0 aliphatic carbocycles. The number of halogens is 2. The minimum Gasteiger partial charge on any atom is -0.437 e. The van der Waals surface area contributed by atoms with Crippen LogP contribution in [0, 0.1) is 5.82 Å². The van der Waals surface area contributed by atoms with Crippen molar-refractivity contribution in [3.8, 4) is 5.69 Å². The highest BCUT2D eigenvalue weighted by molar-refractivity contribution is 9.10. The van der Waals surface area contributed by atoms with Crippen molar-refractivity contribution < 1.29 is 9.41 Å². The first-order valence-electron chi connectivity index (χ1n) is 7.68. The molecule has 0 atom stereocenters. The number of hydrogen-bond acceptors (Lipinski definition) is 5. The molecule has 1 fully saturated rings. The van der Waals surface area contributed by atoms with Gasteiger partial charge in [-0.25, -0.2) is 4.39 Å². The van der Waals surface area contributed by atoms with E-state index >= 15 is 0 Å². The average molecular weight is 395 g/mol. The molecule has 1 aliphatic heterocycles. The van der Waals surface area contributed by atoms with Crippen LogP contribution in [0.4, 0.5) is 10.1 Å². The Bertz CT molecular complexity index is 776. The number of anilines is 1. The molecule has 1 aromatic heterocycles. The Labute approximate surface area is 147 Å². The second-order valence-electron chi connectivity index (χ2n) is 5.69. The highest BCUT2D eigenvalue weighted by Crippen LogP contribution is 2.23. The van der Waals surface area contributed by atoms with Crippen molar-refractivity contribution >= 4 is 28.7 Å². The Morgan fingerprint density at radius 2 is 1.83 bits per heavy atom. The molecule has 1 aliphatic rings. The largest absolute Gasteiger partial charge is 0.437 e. The van der Waals surface area contributed by atoms with Crippen LogP contribution in [-0.2, 0) is 0 Å². The minimum atomic E-state index is -0.472. The summed E-state index contributed by atoms with van der Waals surface area (Å²) in [6.45, 7) is 4.57. The van der Waals surface area contributed by atoms with E-state index < -0.39 is 7.05 Å². The maximum absolute atomic E-state index is 13.0. The zero-order valence-corrected chi connectivity index (χ0v) is 14.8. The molecule has 0 radical (unpaired) electrons. The summed E-state index contributed by atoms with van der Waals surface area (Å²) in [5.74, 6) is -0.363. The normalized spacial score (nSPS) is 15.6. The maximum Gasteiger partial charge on any atom is 0.376 e. The number of hydrogen-bond donors (Lipinski definition) is 1. The van der Waals surface area contributed by atoms with E-state index in [1.165, 1.54) is 28.9 Å². The summed E-state index contributed by atoms with van der Waals surface area (Å²) in [7, 11) is -0.472. The van der Waals surface area contributed by atoms with Gasteiger partial charge in [0, 0.05) is 26.2 Å². The number of rotatable bonds is 3. The molecule has 2 aromatic rings. The topological polar surface area (TPSA) is 61.6 Å². The third-order valence-electron chi connectivity index (χ3n) is 4.16. The highest BCUT2D eigenvalue weighted by Gasteiger charge is 2.24. The molecule has 9 heteroatoms. The standard InChI is InChI=1S/C15H17BBrFN4O2/c1-16(24)21-8-6-20(7-9-21)13-10-19-22(15(23)14(13)17)12-4-2-11(18)3-5-12/h2-5,10,24H,6-9H2,1H3. The van der Waals surface area contributed by atoms with Gasteiger partial charge in [-0.2, -0.15) is 9.78 Å². The van der Waals surface area contributed by atoms with Gasteiger partial charge in [-0.3, -0.25) is 4.79 Å². The van der Waals surface area contributed by atoms with Crippen molar-refractivity contribution in [3.05, 3.63) is 51.1 Å². The number of benzene rings is 1. The molecule has 1 aromatic carbocycles. The second-order valence-corrected chi connectivity index (χ2v) is 6.49. The molecule has 1 saturated heterocycles. The van der Waals surface area contributed by atoms with E-state index in [1.54, 1.807) is 13.0 Å². The Morgan fingerprint density at radius 1 is 1.21 bits per heavy atom. The summed E-state index contributed by atoms with van der Waals surface area (Å²) in [5, 5.41) is 13.8. The molecule has 0 saturated carbocycles. The smallest absolute Gasteiger partial charge is 0.376 e. The van der Waals surface area contributed by atoms with E-state index in [1.807, 2.05) is 4.81 Å². The van der Waals surface area contributed by atoms with Crippen LogP contribution in [0.2, 0.25) is 6.82 Å².